The Hall–Kier alpha value is -3.62. The van der Waals surface area contributed by atoms with Crippen molar-refractivity contribution < 1.29 is 29.1 Å². The molecule has 142 valence electrons. The first-order chi connectivity index (χ1) is 12.9. The largest absolute Gasteiger partial charge is 0.490 e. The lowest BCUT2D eigenvalue weighted by molar-refractivity contribution is -0.384. The van der Waals surface area contributed by atoms with Gasteiger partial charge in [0.25, 0.3) is 11.6 Å². The van der Waals surface area contributed by atoms with Crippen molar-refractivity contribution in [2.24, 2.45) is 0 Å². The summed E-state index contributed by atoms with van der Waals surface area (Å²) < 4.78 is 10.9. The van der Waals surface area contributed by atoms with E-state index >= 15 is 0 Å². The lowest BCUT2D eigenvalue weighted by atomic mass is 10.1. The number of aromatic carboxylic acids is 1. The summed E-state index contributed by atoms with van der Waals surface area (Å²) in [5.74, 6) is -1.11. The number of nitro benzene ring substituents is 1. The van der Waals surface area contributed by atoms with Crippen LogP contribution in [0.2, 0.25) is 0 Å². The maximum Gasteiger partial charge on any atom is 0.338 e. The number of nitro groups is 1. The van der Waals surface area contributed by atoms with Gasteiger partial charge in [-0.15, -0.1) is 0 Å². The highest BCUT2D eigenvalue weighted by Gasteiger charge is 2.19. The number of rotatable bonds is 8. The summed E-state index contributed by atoms with van der Waals surface area (Å²) in [6.07, 6.45) is 0. The van der Waals surface area contributed by atoms with Crippen LogP contribution < -0.4 is 14.8 Å². The average molecular weight is 374 g/mol. The highest BCUT2D eigenvalue weighted by Crippen LogP contribution is 2.29. The molecule has 9 nitrogen and oxygen atoms in total. The summed E-state index contributed by atoms with van der Waals surface area (Å²) in [4.78, 5) is 34.0. The van der Waals surface area contributed by atoms with Gasteiger partial charge in [0.15, 0.2) is 11.5 Å². The van der Waals surface area contributed by atoms with E-state index in [2.05, 4.69) is 5.32 Å². The Balaban J connectivity index is 2.33. The van der Waals surface area contributed by atoms with Crippen LogP contribution in [0.25, 0.3) is 0 Å². The Morgan fingerprint density at radius 3 is 2.33 bits per heavy atom. The number of hydrogen-bond donors (Lipinski definition) is 2. The number of amides is 1. The molecule has 2 aromatic rings. The minimum Gasteiger partial charge on any atom is -0.490 e. The fourth-order valence-electron chi connectivity index (χ4n) is 2.32. The van der Waals surface area contributed by atoms with E-state index < -0.39 is 16.8 Å². The molecule has 0 radical (unpaired) electrons. The Labute approximate surface area is 154 Å². The molecule has 0 aliphatic carbocycles. The van der Waals surface area contributed by atoms with E-state index in [-0.39, 0.29) is 22.5 Å². The molecule has 0 saturated carbocycles. The predicted octanol–water partition coefficient (Wildman–Crippen LogP) is 3.34. The van der Waals surface area contributed by atoms with E-state index in [0.717, 1.165) is 12.1 Å². The number of non-ortho nitro benzene ring substituents is 1. The maximum absolute atomic E-state index is 12.5. The number of hydrogen-bond acceptors (Lipinski definition) is 6. The first kappa shape index (κ1) is 19.7. The monoisotopic (exact) mass is 374 g/mol. The van der Waals surface area contributed by atoms with Crippen LogP contribution in [-0.2, 0) is 0 Å². The van der Waals surface area contributed by atoms with Crippen molar-refractivity contribution in [2.45, 2.75) is 13.8 Å². The van der Waals surface area contributed by atoms with Gasteiger partial charge in [0.05, 0.1) is 29.4 Å². The minimum atomic E-state index is -1.39. The topological polar surface area (TPSA) is 128 Å². The van der Waals surface area contributed by atoms with Crippen molar-refractivity contribution in [3.05, 3.63) is 57.6 Å². The van der Waals surface area contributed by atoms with Gasteiger partial charge in [0.1, 0.15) is 0 Å². The summed E-state index contributed by atoms with van der Waals surface area (Å²) in [6, 6.07) is 7.76. The highest BCUT2D eigenvalue weighted by atomic mass is 16.6. The molecule has 0 unspecified atom stereocenters. The Morgan fingerprint density at radius 2 is 1.74 bits per heavy atom. The molecule has 1 amide bonds. The summed E-state index contributed by atoms with van der Waals surface area (Å²) in [7, 11) is 0. The van der Waals surface area contributed by atoms with Gasteiger partial charge in [-0.1, -0.05) is 0 Å². The van der Waals surface area contributed by atoms with Crippen LogP contribution in [-0.4, -0.2) is 35.1 Å². The molecular weight excluding hydrogens is 356 g/mol. The average Bonchev–Trinajstić information content (AvgIpc) is 2.63. The van der Waals surface area contributed by atoms with Crippen molar-refractivity contribution in [3.8, 4) is 11.5 Å². The first-order valence-electron chi connectivity index (χ1n) is 8.10. The zero-order chi connectivity index (χ0) is 20.0. The molecule has 2 rings (SSSR count). The standard InChI is InChI=1S/C18H18N2O7/c1-3-26-15-8-5-11(9-16(15)27-4-2)17(21)19-14-7-6-12(20(24)25)10-13(14)18(22)23/h5-10H,3-4H2,1-2H3,(H,19,21)(H,22,23). The molecule has 27 heavy (non-hydrogen) atoms. The van der Waals surface area contributed by atoms with Crippen LogP contribution >= 0.6 is 0 Å². The van der Waals surface area contributed by atoms with Gasteiger partial charge in [0.2, 0.25) is 0 Å². The van der Waals surface area contributed by atoms with E-state index in [1.54, 1.807) is 13.0 Å². The number of benzene rings is 2. The van der Waals surface area contributed by atoms with Crippen LogP contribution in [0.5, 0.6) is 11.5 Å². The van der Waals surface area contributed by atoms with Crippen molar-refractivity contribution >= 4 is 23.3 Å². The molecule has 2 aromatic carbocycles. The maximum atomic E-state index is 12.5. The lowest BCUT2D eigenvalue weighted by Crippen LogP contribution is -2.15. The van der Waals surface area contributed by atoms with Crippen molar-refractivity contribution in [1.29, 1.82) is 0 Å². The number of anilines is 1. The first-order valence-corrected chi connectivity index (χ1v) is 8.10. The van der Waals surface area contributed by atoms with Crippen LogP contribution in [0, 0.1) is 10.1 Å². The summed E-state index contributed by atoms with van der Waals surface area (Å²) >= 11 is 0. The van der Waals surface area contributed by atoms with Gasteiger partial charge in [-0.25, -0.2) is 4.79 Å². The molecule has 9 heteroatoms. The van der Waals surface area contributed by atoms with Gasteiger partial charge < -0.3 is 19.9 Å². The summed E-state index contributed by atoms with van der Waals surface area (Å²) in [5.41, 5.74) is -0.597. The zero-order valence-corrected chi connectivity index (χ0v) is 14.7. The normalized spacial score (nSPS) is 10.1. The van der Waals surface area contributed by atoms with Gasteiger partial charge in [-0.2, -0.15) is 0 Å². The third-order valence-electron chi connectivity index (χ3n) is 3.50. The van der Waals surface area contributed by atoms with Gasteiger partial charge in [-0.05, 0) is 38.1 Å². The second-order valence-corrected chi connectivity index (χ2v) is 5.27. The fraction of sp³-hybridized carbons (Fsp3) is 0.222. The van der Waals surface area contributed by atoms with E-state index in [9.17, 15) is 24.8 Å². The number of nitrogens with zero attached hydrogens (tertiary/aromatic N) is 1. The van der Waals surface area contributed by atoms with Crippen molar-refractivity contribution in [2.75, 3.05) is 18.5 Å². The molecule has 0 bridgehead atoms. The van der Waals surface area contributed by atoms with Crippen molar-refractivity contribution in [1.82, 2.24) is 0 Å². The van der Waals surface area contributed by atoms with Crippen LogP contribution in [0.1, 0.15) is 34.6 Å². The lowest BCUT2D eigenvalue weighted by Gasteiger charge is -2.13. The second-order valence-electron chi connectivity index (χ2n) is 5.27. The van der Waals surface area contributed by atoms with Gasteiger partial charge >= 0.3 is 5.97 Å². The van der Waals surface area contributed by atoms with E-state index in [0.29, 0.717) is 24.7 Å². The second kappa shape index (κ2) is 8.65. The number of nitrogens with one attached hydrogen (secondary N) is 1. The van der Waals surface area contributed by atoms with Crippen LogP contribution in [0.3, 0.4) is 0 Å². The molecule has 0 aliphatic heterocycles. The molecule has 0 aliphatic rings. The fourth-order valence-corrected chi connectivity index (χ4v) is 2.32. The number of carboxylic acid groups (broad SMARTS) is 1. The molecule has 0 heterocycles. The molecule has 2 N–H and O–H groups in total. The smallest absolute Gasteiger partial charge is 0.338 e. The summed E-state index contributed by atoms with van der Waals surface area (Å²) in [5, 5.41) is 22.5. The molecule has 0 saturated heterocycles. The third-order valence-corrected chi connectivity index (χ3v) is 3.50. The molecule has 0 spiro atoms. The van der Waals surface area contributed by atoms with E-state index in [4.69, 9.17) is 9.47 Å². The number of carboxylic acids is 1. The Bertz CT molecular complexity index is 880. The SMILES string of the molecule is CCOc1ccc(C(=O)Nc2ccc([N+](=O)[O-])cc2C(=O)O)cc1OCC. The number of carbonyl (C=O) groups excluding carboxylic acids is 1. The zero-order valence-electron chi connectivity index (χ0n) is 14.7. The molecule has 0 aromatic heterocycles. The van der Waals surface area contributed by atoms with Crippen molar-refractivity contribution in [3.63, 3.8) is 0 Å². The van der Waals surface area contributed by atoms with Crippen LogP contribution in [0.15, 0.2) is 36.4 Å². The predicted molar refractivity (Wildman–Crippen MR) is 96.8 cm³/mol. The Kier molecular flexibility index (Phi) is 6.32. The molecule has 0 atom stereocenters. The number of carbonyl (C=O) groups is 2. The quantitative estimate of drug-likeness (QED) is 0.535. The number of ether oxygens (including phenoxy) is 2. The highest BCUT2D eigenvalue weighted by molar-refractivity contribution is 6.08. The van der Waals surface area contributed by atoms with Gasteiger partial charge in [-0.3, -0.25) is 14.9 Å². The van der Waals surface area contributed by atoms with E-state index in [1.807, 2.05) is 6.92 Å². The van der Waals surface area contributed by atoms with Crippen LogP contribution in [0.4, 0.5) is 11.4 Å². The third kappa shape index (κ3) is 4.72. The van der Waals surface area contributed by atoms with Gasteiger partial charge in [0, 0.05) is 17.7 Å². The molecule has 0 fully saturated rings. The summed E-state index contributed by atoms with van der Waals surface area (Å²) in [6.45, 7) is 4.41. The Morgan fingerprint density at radius 1 is 1.07 bits per heavy atom. The minimum absolute atomic E-state index is 0.0510. The molecular formula is C18H18N2O7. The van der Waals surface area contributed by atoms with E-state index in [1.165, 1.54) is 18.2 Å².